The normalized spacial score (nSPS) is 24.1. The van der Waals surface area contributed by atoms with Crippen LogP contribution in [0.5, 0.6) is 0 Å². The first-order valence-corrected chi connectivity index (χ1v) is 7.17. The Morgan fingerprint density at radius 1 is 1.39 bits per heavy atom. The predicted molar refractivity (Wildman–Crippen MR) is 80.3 cm³/mol. The highest BCUT2D eigenvalue weighted by molar-refractivity contribution is 9.10. The molecule has 3 N–H and O–H groups in total. The standard InChI is InChI=1S/C14H20BrN3/c1-9-5-6-18(8-10(9)2)13-4-3-11(15)7-12(13)14(16)17/h3-4,7,9-10H,5-6,8H2,1-2H3,(H3,16,17). The van der Waals surface area contributed by atoms with Crippen molar-refractivity contribution >= 4 is 27.5 Å². The van der Waals surface area contributed by atoms with Crippen molar-refractivity contribution in [3.8, 4) is 0 Å². The monoisotopic (exact) mass is 309 g/mol. The van der Waals surface area contributed by atoms with E-state index < -0.39 is 0 Å². The van der Waals surface area contributed by atoms with Gasteiger partial charge in [-0.15, -0.1) is 0 Å². The minimum Gasteiger partial charge on any atom is -0.384 e. The van der Waals surface area contributed by atoms with Gasteiger partial charge in [0.1, 0.15) is 5.84 Å². The molecule has 1 heterocycles. The number of nitrogens with two attached hydrogens (primary N) is 1. The summed E-state index contributed by atoms with van der Waals surface area (Å²) in [4.78, 5) is 2.36. The predicted octanol–water partition coefficient (Wildman–Crippen LogP) is 3.22. The van der Waals surface area contributed by atoms with Gasteiger partial charge in [-0.1, -0.05) is 29.8 Å². The number of anilines is 1. The number of benzene rings is 1. The van der Waals surface area contributed by atoms with Crippen LogP contribution in [0, 0.1) is 17.2 Å². The SMILES string of the molecule is CC1CCN(c2ccc(Br)cc2C(=N)N)CC1C. The molecule has 0 aliphatic carbocycles. The molecule has 1 aliphatic heterocycles. The van der Waals surface area contributed by atoms with E-state index in [1.807, 2.05) is 12.1 Å². The second kappa shape index (κ2) is 5.31. The number of hydrogen-bond donors (Lipinski definition) is 2. The number of nitrogens with one attached hydrogen (secondary N) is 1. The molecule has 98 valence electrons. The highest BCUT2D eigenvalue weighted by Crippen LogP contribution is 2.30. The second-order valence-corrected chi connectivity index (χ2v) is 6.18. The van der Waals surface area contributed by atoms with Crippen molar-refractivity contribution in [2.24, 2.45) is 17.6 Å². The first kappa shape index (κ1) is 13.4. The number of hydrogen-bond acceptors (Lipinski definition) is 2. The van der Waals surface area contributed by atoms with Gasteiger partial charge in [0.15, 0.2) is 0 Å². The number of nitrogen functional groups attached to an aromatic ring is 1. The molecule has 1 aromatic rings. The molecule has 3 nitrogen and oxygen atoms in total. The van der Waals surface area contributed by atoms with Gasteiger partial charge in [0.25, 0.3) is 0 Å². The Labute approximate surface area is 117 Å². The summed E-state index contributed by atoms with van der Waals surface area (Å²) in [6, 6.07) is 6.01. The first-order chi connectivity index (χ1) is 8.49. The van der Waals surface area contributed by atoms with Crippen LogP contribution in [0.2, 0.25) is 0 Å². The third-order valence-corrected chi connectivity index (χ3v) is 4.42. The van der Waals surface area contributed by atoms with Gasteiger partial charge in [0.05, 0.1) is 0 Å². The summed E-state index contributed by atoms with van der Waals surface area (Å²) < 4.78 is 0.967. The maximum atomic E-state index is 7.71. The van der Waals surface area contributed by atoms with Crippen LogP contribution in [0.1, 0.15) is 25.8 Å². The lowest BCUT2D eigenvalue weighted by atomic mass is 9.88. The van der Waals surface area contributed by atoms with Gasteiger partial charge in [-0.05, 0) is 36.5 Å². The van der Waals surface area contributed by atoms with Crippen molar-refractivity contribution in [1.29, 1.82) is 5.41 Å². The van der Waals surface area contributed by atoms with Gasteiger partial charge in [-0.2, -0.15) is 0 Å². The molecule has 18 heavy (non-hydrogen) atoms. The van der Waals surface area contributed by atoms with Crippen molar-refractivity contribution < 1.29 is 0 Å². The zero-order valence-corrected chi connectivity index (χ0v) is 12.5. The van der Waals surface area contributed by atoms with E-state index in [9.17, 15) is 0 Å². The van der Waals surface area contributed by atoms with Crippen molar-refractivity contribution in [2.75, 3.05) is 18.0 Å². The van der Waals surface area contributed by atoms with Crippen molar-refractivity contribution in [2.45, 2.75) is 20.3 Å². The molecule has 4 heteroatoms. The van der Waals surface area contributed by atoms with Crippen LogP contribution in [0.3, 0.4) is 0 Å². The molecule has 2 atom stereocenters. The molecule has 1 fully saturated rings. The molecule has 2 rings (SSSR count). The van der Waals surface area contributed by atoms with E-state index in [-0.39, 0.29) is 5.84 Å². The van der Waals surface area contributed by atoms with Crippen LogP contribution < -0.4 is 10.6 Å². The highest BCUT2D eigenvalue weighted by atomic mass is 79.9. The smallest absolute Gasteiger partial charge is 0.124 e. The molecule has 1 aromatic carbocycles. The van der Waals surface area contributed by atoms with Crippen molar-refractivity contribution in [1.82, 2.24) is 0 Å². The Hall–Kier alpha value is -1.03. The average Bonchev–Trinajstić information content (AvgIpc) is 2.32. The maximum absolute atomic E-state index is 7.71. The van der Waals surface area contributed by atoms with Gasteiger partial charge in [0.2, 0.25) is 0 Å². The lowest BCUT2D eigenvalue weighted by molar-refractivity contribution is 0.324. The first-order valence-electron chi connectivity index (χ1n) is 6.38. The maximum Gasteiger partial charge on any atom is 0.124 e. The van der Waals surface area contributed by atoms with Crippen LogP contribution in [-0.4, -0.2) is 18.9 Å². The fourth-order valence-corrected chi connectivity index (χ4v) is 2.84. The summed E-state index contributed by atoms with van der Waals surface area (Å²) in [6.07, 6.45) is 1.20. The fraction of sp³-hybridized carbons (Fsp3) is 0.500. The van der Waals surface area contributed by atoms with Gasteiger partial charge in [-0.3, -0.25) is 5.41 Å². The summed E-state index contributed by atoms with van der Waals surface area (Å²) in [5.74, 6) is 1.59. The summed E-state index contributed by atoms with van der Waals surface area (Å²) in [5.41, 5.74) is 7.60. The quantitative estimate of drug-likeness (QED) is 0.651. The van der Waals surface area contributed by atoms with Gasteiger partial charge in [-0.25, -0.2) is 0 Å². The lowest BCUT2D eigenvalue weighted by Crippen LogP contribution is -2.39. The third kappa shape index (κ3) is 2.69. The molecule has 1 saturated heterocycles. The van der Waals surface area contributed by atoms with Crippen molar-refractivity contribution in [3.63, 3.8) is 0 Å². The van der Waals surface area contributed by atoms with E-state index in [0.717, 1.165) is 34.7 Å². The molecular formula is C14H20BrN3. The third-order valence-electron chi connectivity index (χ3n) is 3.92. The Kier molecular flexibility index (Phi) is 3.95. The Morgan fingerprint density at radius 3 is 2.72 bits per heavy atom. The molecule has 0 amide bonds. The topological polar surface area (TPSA) is 53.1 Å². The summed E-state index contributed by atoms with van der Waals surface area (Å²) in [7, 11) is 0. The summed E-state index contributed by atoms with van der Waals surface area (Å²) >= 11 is 3.44. The fourth-order valence-electron chi connectivity index (χ4n) is 2.48. The minimum atomic E-state index is 0.137. The van der Waals surface area contributed by atoms with Gasteiger partial charge in [0, 0.05) is 28.8 Å². The van der Waals surface area contributed by atoms with E-state index >= 15 is 0 Å². The zero-order chi connectivity index (χ0) is 13.3. The van der Waals surface area contributed by atoms with E-state index in [4.69, 9.17) is 11.1 Å². The summed E-state index contributed by atoms with van der Waals surface area (Å²) in [5, 5.41) is 7.71. The molecule has 2 unspecified atom stereocenters. The number of piperidine rings is 1. The number of rotatable bonds is 2. The van der Waals surface area contributed by atoms with E-state index in [0.29, 0.717) is 5.92 Å². The van der Waals surface area contributed by atoms with Crippen LogP contribution >= 0.6 is 15.9 Å². The zero-order valence-electron chi connectivity index (χ0n) is 10.9. The average molecular weight is 310 g/mol. The molecule has 0 spiro atoms. The molecule has 0 saturated carbocycles. The Bertz CT molecular complexity index is 458. The van der Waals surface area contributed by atoms with E-state index in [2.05, 4.69) is 40.7 Å². The van der Waals surface area contributed by atoms with E-state index in [1.165, 1.54) is 6.42 Å². The van der Waals surface area contributed by atoms with Gasteiger partial charge < -0.3 is 10.6 Å². The molecular weight excluding hydrogens is 290 g/mol. The largest absolute Gasteiger partial charge is 0.384 e. The minimum absolute atomic E-state index is 0.137. The van der Waals surface area contributed by atoms with Crippen LogP contribution in [0.15, 0.2) is 22.7 Å². The molecule has 0 aromatic heterocycles. The number of amidine groups is 1. The van der Waals surface area contributed by atoms with Crippen LogP contribution in [0.25, 0.3) is 0 Å². The lowest BCUT2D eigenvalue weighted by Gasteiger charge is -2.37. The molecule has 0 radical (unpaired) electrons. The van der Waals surface area contributed by atoms with Crippen LogP contribution in [-0.2, 0) is 0 Å². The second-order valence-electron chi connectivity index (χ2n) is 5.26. The molecule has 0 bridgehead atoms. The number of nitrogens with zero attached hydrogens (tertiary/aromatic N) is 1. The molecule has 1 aliphatic rings. The Balaban J connectivity index is 2.30. The van der Waals surface area contributed by atoms with E-state index in [1.54, 1.807) is 0 Å². The highest BCUT2D eigenvalue weighted by Gasteiger charge is 2.24. The van der Waals surface area contributed by atoms with Gasteiger partial charge >= 0.3 is 0 Å². The Morgan fingerprint density at radius 2 is 2.11 bits per heavy atom. The van der Waals surface area contributed by atoms with Crippen molar-refractivity contribution in [3.05, 3.63) is 28.2 Å². The summed E-state index contributed by atoms with van der Waals surface area (Å²) in [6.45, 7) is 6.70. The number of halogens is 1. The van der Waals surface area contributed by atoms with Crippen LogP contribution in [0.4, 0.5) is 5.69 Å².